The summed E-state index contributed by atoms with van der Waals surface area (Å²) in [5.41, 5.74) is 0.866. The molecule has 122 valence electrons. The number of benzene rings is 2. The van der Waals surface area contributed by atoms with E-state index in [0.29, 0.717) is 24.5 Å². The Labute approximate surface area is 141 Å². The van der Waals surface area contributed by atoms with Crippen LogP contribution in [-0.4, -0.2) is 31.6 Å². The molecule has 0 aliphatic carbocycles. The summed E-state index contributed by atoms with van der Waals surface area (Å²) in [5.74, 6) is 3.10. The van der Waals surface area contributed by atoms with Crippen LogP contribution in [0, 0.1) is 0 Å². The number of hydrogen-bond donors (Lipinski definition) is 1. The van der Waals surface area contributed by atoms with Crippen LogP contribution >= 0.6 is 11.8 Å². The highest BCUT2D eigenvalue weighted by atomic mass is 32.2. The van der Waals surface area contributed by atoms with Gasteiger partial charge in [-0.25, -0.2) is 0 Å². The highest BCUT2D eigenvalue weighted by Gasteiger charge is 2.09. The molecule has 0 spiro atoms. The van der Waals surface area contributed by atoms with Crippen LogP contribution in [-0.2, 0) is 11.2 Å². The summed E-state index contributed by atoms with van der Waals surface area (Å²) in [7, 11) is 1.63. The molecular formula is C18H21NO3S. The first kappa shape index (κ1) is 17.2. The van der Waals surface area contributed by atoms with Crippen molar-refractivity contribution >= 4 is 17.7 Å². The van der Waals surface area contributed by atoms with Gasteiger partial charge in [0.1, 0.15) is 17.2 Å². The summed E-state index contributed by atoms with van der Waals surface area (Å²) < 4.78 is 11.0. The van der Waals surface area contributed by atoms with Crippen molar-refractivity contribution in [3.63, 3.8) is 0 Å². The first-order valence-electron chi connectivity index (χ1n) is 7.38. The molecule has 2 rings (SSSR count). The average Bonchev–Trinajstić information content (AvgIpc) is 2.57. The zero-order valence-corrected chi connectivity index (χ0v) is 14.2. The smallest absolute Gasteiger partial charge is 0.224 e. The van der Waals surface area contributed by atoms with Gasteiger partial charge >= 0.3 is 0 Å². The molecule has 1 amide bonds. The van der Waals surface area contributed by atoms with Crippen LogP contribution < -0.4 is 14.8 Å². The number of methoxy groups -OCH3 is 1. The van der Waals surface area contributed by atoms with Crippen molar-refractivity contribution in [1.29, 1.82) is 0 Å². The number of thioether (sulfide) groups is 1. The number of carbonyl (C=O) groups excluding carboxylic acids is 1. The molecule has 5 heteroatoms. The molecule has 0 saturated carbocycles. The summed E-state index contributed by atoms with van der Waals surface area (Å²) in [6.07, 6.45) is 2.32. The summed E-state index contributed by atoms with van der Waals surface area (Å²) in [6, 6.07) is 14.9. The van der Waals surface area contributed by atoms with Crippen molar-refractivity contribution in [1.82, 2.24) is 5.32 Å². The van der Waals surface area contributed by atoms with Gasteiger partial charge in [-0.1, -0.05) is 18.2 Å². The first-order valence-corrected chi connectivity index (χ1v) is 8.77. The summed E-state index contributed by atoms with van der Waals surface area (Å²) in [4.78, 5) is 12.0. The maximum atomic E-state index is 12.0. The van der Waals surface area contributed by atoms with Gasteiger partial charge in [0.05, 0.1) is 13.5 Å². The molecule has 0 unspecified atom stereocenters. The van der Waals surface area contributed by atoms with Crippen molar-refractivity contribution in [2.24, 2.45) is 0 Å². The monoisotopic (exact) mass is 331 g/mol. The predicted molar refractivity (Wildman–Crippen MR) is 94.6 cm³/mol. The summed E-state index contributed by atoms with van der Waals surface area (Å²) in [6.45, 7) is 0.682. The standard InChI is InChI=1S/C18H21NO3S/c1-21-15-7-9-16(10-8-15)22-17-6-4-3-5-14(17)13-18(20)19-11-12-23-2/h3-10H,11-13H2,1-2H3,(H,19,20). The van der Waals surface area contributed by atoms with E-state index in [-0.39, 0.29) is 5.91 Å². The summed E-state index contributed by atoms with van der Waals surface area (Å²) in [5, 5.41) is 2.91. The molecule has 2 aromatic carbocycles. The Bertz CT molecular complexity index is 628. The van der Waals surface area contributed by atoms with E-state index in [4.69, 9.17) is 9.47 Å². The molecule has 0 fully saturated rings. The second-order valence-corrected chi connectivity index (χ2v) is 5.89. The third-order valence-electron chi connectivity index (χ3n) is 3.24. The van der Waals surface area contributed by atoms with Crippen LogP contribution in [0.25, 0.3) is 0 Å². The van der Waals surface area contributed by atoms with Gasteiger partial charge in [-0.15, -0.1) is 0 Å². The Kier molecular flexibility index (Phi) is 6.81. The molecule has 0 radical (unpaired) electrons. The molecule has 4 nitrogen and oxygen atoms in total. The van der Waals surface area contributed by atoms with Crippen LogP contribution in [0.5, 0.6) is 17.2 Å². The van der Waals surface area contributed by atoms with Gasteiger partial charge in [-0.05, 0) is 36.6 Å². The summed E-state index contributed by atoms with van der Waals surface area (Å²) >= 11 is 1.71. The number of carbonyl (C=O) groups is 1. The highest BCUT2D eigenvalue weighted by molar-refractivity contribution is 7.98. The van der Waals surface area contributed by atoms with Gasteiger partial charge in [-0.3, -0.25) is 4.79 Å². The van der Waals surface area contributed by atoms with E-state index in [0.717, 1.165) is 17.1 Å². The Balaban J connectivity index is 2.03. The highest BCUT2D eigenvalue weighted by Crippen LogP contribution is 2.27. The van der Waals surface area contributed by atoms with E-state index >= 15 is 0 Å². The second-order valence-electron chi connectivity index (χ2n) is 4.90. The number of amides is 1. The third-order valence-corrected chi connectivity index (χ3v) is 3.85. The largest absolute Gasteiger partial charge is 0.497 e. The molecule has 0 heterocycles. The van der Waals surface area contributed by atoms with E-state index in [1.807, 2.05) is 54.8 Å². The van der Waals surface area contributed by atoms with Crippen molar-refractivity contribution in [2.75, 3.05) is 25.7 Å². The van der Waals surface area contributed by atoms with E-state index in [1.165, 1.54) is 0 Å². The zero-order valence-electron chi connectivity index (χ0n) is 13.4. The van der Waals surface area contributed by atoms with Crippen molar-refractivity contribution in [3.8, 4) is 17.2 Å². The fourth-order valence-corrected chi connectivity index (χ4v) is 2.35. The van der Waals surface area contributed by atoms with E-state index in [1.54, 1.807) is 18.9 Å². The maximum absolute atomic E-state index is 12.0. The zero-order chi connectivity index (χ0) is 16.5. The predicted octanol–water partition coefficient (Wildman–Crippen LogP) is 3.51. The molecule has 0 aliphatic rings. The molecule has 0 atom stereocenters. The van der Waals surface area contributed by atoms with Crippen molar-refractivity contribution < 1.29 is 14.3 Å². The van der Waals surface area contributed by atoms with Gasteiger partial charge < -0.3 is 14.8 Å². The van der Waals surface area contributed by atoms with Crippen LogP contribution in [0.4, 0.5) is 0 Å². The van der Waals surface area contributed by atoms with E-state index in [2.05, 4.69) is 5.32 Å². The van der Waals surface area contributed by atoms with Gasteiger partial charge in [0, 0.05) is 17.9 Å². The topological polar surface area (TPSA) is 47.6 Å². The minimum Gasteiger partial charge on any atom is -0.497 e. The van der Waals surface area contributed by atoms with Gasteiger partial charge in [0.2, 0.25) is 5.91 Å². The van der Waals surface area contributed by atoms with Gasteiger partial charge in [-0.2, -0.15) is 11.8 Å². The molecular weight excluding hydrogens is 310 g/mol. The quantitative estimate of drug-likeness (QED) is 0.752. The molecule has 23 heavy (non-hydrogen) atoms. The SMILES string of the molecule is COc1ccc(Oc2ccccc2CC(=O)NCCSC)cc1. The molecule has 0 bridgehead atoms. The number of nitrogens with one attached hydrogen (secondary N) is 1. The lowest BCUT2D eigenvalue weighted by Crippen LogP contribution is -2.27. The van der Waals surface area contributed by atoms with Crippen LogP contribution in [0.3, 0.4) is 0 Å². The number of ether oxygens (including phenoxy) is 2. The Morgan fingerprint density at radius 3 is 2.48 bits per heavy atom. The Morgan fingerprint density at radius 1 is 1.09 bits per heavy atom. The van der Waals surface area contributed by atoms with E-state index in [9.17, 15) is 4.79 Å². The number of hydrogen-bond acceptors (Lipinski definition) is 4. The Hall–Kier alpha value is -2.14. The molecule has 2 aromatic rings. The average molecular weight is 331 g/mol. The van der Waals surface area contributed by atoms with Gasteiger partial charge in [0.25, 0.3) is 0 Å². The maximum Gasteiger partial charge on any atom is 0.224 e. The lowest BCUT2D eigenvalue weighted by atomic mass is 10.1. The Morgan fingerprint density at radius 2 is 1.78 bits per heavy atom. The third kappa shape index (κ3) is 5.53. The molecule has 0 aliphatic heterocycles. The minimum absolute atomic E-state index is 0.00447. The van der Waals surface area contributed by atoms with E-state index < -0.39 is 0 Å². The van der Waals surface area contributed by atoms with Gasteiger partial charge in [0.15, 0.2) is 0 Å². The number of para-hydroxylation sites is 1. The molecule has 0 saturated heterocycles. The number of rotatable bonds is 8. The molecule has 1 N–H and O–H groups in total. The second kappa shape index (κ2) is 9.10. The lowest BCUT2D eigenvalue weighted by molar-refractivity contribution is -0.120. The van der Waals surface area contributed by atoms with Crippen molar-refractivity contribution in [3.05, 3.63) is 54.1 Å². The van der Waals surface area contributed by atoms with Crippen molar-refractivity contribution in [2.45, 2.75) is 6.42 Å². The van der Waals surface area contributed by atoms with Crippen LogP contribution in [0.2, 0.25) is 0 Å². The first-order chi connectivity index (χ1) is 11.2. The molecule has 0 aromatic heterocycles. The fourth-order valence-electron chi connectivity index (χ4n) is 2.05. The lowest BCUT2D eigenvalue weighted by Gasteiger charge is -2.11. The van der Waals surface area contributed by atoms with Crippen LogP contribution in [0.1, 0.15) is 5.56 Å². The fraction of sp³-hybridized carbons (Fsp3) is 0.278. The van der Waals surface area contributed by atoms with Crippen LogP contribution in [0.15, 0.2) is 48.5 Å². The normalized spacial score (nSPS) is 10.2. The minimum atomic E-state index is 0.00447.